The van der Waals surface area contributed by atoms with E-state index in [-0.39, 0.29) is 11.4 Å². The van der Waals surface area contributed by atoms with Crippen LogP contribution in [0.15, 0.2) is 35.5 Å². The number of esters is 1. The second-order valence-corrected chi connectivity index (χ2v) is 6.93. The number of carbonyl (C=O) groups is 1. The van der Waals surface area contributed by atoms with Gasteiger partial charge >= 0.3 is 11.9 Å². The second kappa shape index (κ2) is 5.13. The van der Waals surface area contributed by atoms with Gasteiger partial charge in [0, 0.05) is 19.3 Å². The molecule has 5 heteroatoms. The fourth-order valence-corrected chi connectivity index (χ4v) is 4.53. The first-order valence-electron chi connectivity index (χ1n) is 8.56. The molecule has 0 aromatic carbocycles. The fraction of sp³-hybridized carbons (Fsp3) is 0.611. The van der Waals surface area contributed by atoms with Crippen molar-refractivity contribution in [2.45, 2.75) is 57.8 Å². The minimum atomic E-state index is -1.04. The lowest BCUT2D eigenvalue weighted by molar-refractivity contribution is -0.214. The number of nitrogens with one attached hydrogen (secondary N) is 1. The molecule has 0 aromatic rings. The number of hydrogen-bond donors (Lipinski definition) is 1. The van der Waals surface area contributed by atoms with Crippen molar-refractivity contribution >= 4 is 5.97 Å². The molecule has 0 bridgehead atoms. The van der Waals surface area contributed by atoms with E-state index in [4.69, 9.17) is 9.47 Å². The summed E-state index contributed by atoms with van der Waals surface area (Å²) >= 11 is 0. The van der Waals surface area contributed by atoms with E-state index in [0.717, 1.165) is 31.4 Å². The van der Waals surface area contributed by atoms with E-state index in [9.17, 15) is 4.79 Å². The van der Waals surface area contributed by atoms with E-state index in [2.05, 4.69) is 28.7 Å². The normalized spacial score (nSPS) is 35.0. The Balaban J connectivity index is 1.83. The lowest BCUT2D eigenvalue weighted by Gasteiger charge is -2.42. The molecule has 1 spiro atoms. The Labute approximate surface area is 137 Å². The van der Waals surface area contributed by atoms with Crippen LogP contribution in [-0.2, 0) is 14.3 Å². The predicted molar refractivity (Wildman–Crippen MR) is 85.5 cm³/mol. The molecule has 0 aromatic heterocycles. The van der Waals surface area contributed by atoms with Gasteiger partial charge in [0.1, 0.15) is 5.76 Å². The zero-order valence-electron chi connectivity index (χ0n) is 13.9. The molecular formula is C18H24N2O3. The van der Waals surface area contributed by atoms with Crippen molar-refractivity contribution in [1.29, 1.82) is 0 Å². The SMILES string of the molecule is CNC1(OC(C)=O)CC23CCCCC2=CN2C=CCCC2=C3O1. The van der Waals surface area contributed by atoms with Gasteiger partial charge in [0.05, 0.1) is 17.5 Å². The summed E-state index contributed by atoms with van der Waals surface area (Å²) in [4.78, 5) is 13.8. The predicted octanol–water partition coefficient (Wildman–Crippen LogP) is 3.12. The third kappa shape index (κ3) is 2.13. The van der Waals surface area contributed by atoms with Crippen molar-refractivity contribution in [2.75, 3.05) is 7.05 Å². The molecule has 124 valence electrons. The standard InChI is InChI=1S/C18H24N2O3/c1-13(21)22-18(19-2)12-17-9-5-3-7-14(17)11-20-10-6-4-8-15(20)16(17)23-18/h6,10-11,19H,3-5,7-9,12H2,1-2H3. The van der Waals surface area contributed by atoms with Crippen LogP contribution in [0.1, 0.15) is 51.9 Å². The summed E-state index contributed by atoms with van der Waals surface area (Å²) < 4.78 is 11.9. The summed E-state index contributed by atoms with van der Waals surface area (Å²) in [5, 5.41) is 3.13. The Kier molecular flexibility index (Phi) is 3.30. The molecule has 4 aliphatic rings. The zero-order valence-corrected chi connectivity index (χ0v) is 13.9. The van der Waals surface area contributed by atoms with Crippen molar-refractivity contribution in [3.05, 3.63) is 35.5 Å². The summed E-state index contributed by atoms with van der Waals surface area (Å²) in [6.07, 6.45) is 13.8. The maximum absolute atomic E-state index is 11.6. The molecular weight excluding hydrogens is 292 g/mol. The van der Waals surface area contributed by atoms with Crippen LogP contribution >= 0.6 is 0 Å². The topological polar surface area (TPSA) is 50.8 Å². The highest BCUT2D eigenvalue weighted by atomic mass is 16.7. The molecule has 2 atom stereocenters. The van der Waals surface area contributed by atoms with Crippen molar-refractivity contribution in [1.82, 2.24) is 10.2 Å². The summed E-state index contributed by atoms with van der Waals surface area (Å²) in [5.41, 5.74) is 2.54. The van der Waals surface area contributed by atoms with Gasteiger partial charge in [0.2, 0.25) is 0 Å². The maximum Gasteiger partial charge on any atom is 0.316 e. The number of allylic oxidation sites excluding steroid dienone is 3. The van der Waals surface area contributed by atoms with Gasteiger partial charge in [-0.25, -0.2) is 5.32 Å². The van der Waals surface area contributed by atoms with Crippen LogP contribution in [0.4, 0.5) is 0 Å². The first kappa shape index (κ1) is 14.8. The van der Waals surface area contributed by atoms with E-state index >= 15 is 0 Å². The first-order valence-corrected chi connectivity index (χ1v) is 8.56. The lowest BCUT2D eigenvalue weighted by Crippen LogP contribution is -2.47. The molecule has 23 heavy (non-hydrogen) atoms. The van der Waals surface area contributed by atoms with Gasteiger partial charge in [0.15, 0.2) is 0 Å². The first-order chi connectivity index (χ1) is 11.1. The largest absolute Gasteiger partial charge is 0.441 e. The molecule has 0 amide bonds. The van der Waals surface area contributed by atoms with Crippen LogP contribution < -0.4 is 5.32 Å². The number of rotatable bonds is 2. The monoisotopic (exact) mass is 316 g/mol. The molecule has 3 aliphatic heterocycles. The van der Waals surface area contributed by atoms with Gasteiger partial charge in [-0.15, -0.1) is 0 Å². The maximum atomic E-state index is 11.6. The van der Waals surface area contributed by atoms with Gasteiger partial charge in [-0.1, -0.05) is 12.5 Å². The Morgan fingerprint density at radius 1 is 1.39 bits per heavy atom. The van der Waals surface area contributed by atoms with Crippen LogP contribution in [-0.4, -0.2) is 23.8 Å². The quantitative estimate of drug-likeness (QED) is 0.626. The molecule has 1 saturated heterocycles. The van der Waals surface area contributed by atoms with Crippen molar-refractivity contribution in [3.8, 4) is 0 Å². The van der Waals surface area contributed by atoms with E-state index < -0.39 is 5.91 Å². The van der Waals surface area contributed by atoms with Crippen LogP contribution in [0.2, 0.25) is 0 Å². The zero-order chi connectivity index (χ0) is 16.1. The van der Waals surface area contributed by atoms with Crippen LogP contribution in [0.3, 0.4) is 0 Å². The average Bonchev–Trinajstić information content (AvgIpc) is 2.87. The second-order valence-electron chi connectivity index (χ2n) is 6.93. The van der Waals surface area contributed by atoms with Crippen molar-refractivity contribution in [3.63, 3.8) is 0 Å². The number of ether oxygens (including phenoxy) is 2. The lowest BCUT2D eigenvalue weighted by atomic mass is 9.66. The fourth-order valence-electron chi connectivity index (χ4n) is 4.53. The third-order valence-electron chi connectivity index (χ3n) is 5.52. The van der Waals surface area contributed by atoms with E-state index in [1.165, 1.54) is 31.0 Å². The molecule has 5 nitrogen and oxygen atoms in total. The van der Waals surface area contributed by atoms with Gasteiger partial charge in [0.25, 0.3) is 0 Å². The third-order valence-corrected chi connectivity index (χ3v) is 5.52. The number of fused-ring (bicyclic) bond motifs is 1. The molecule has 1 N–H and O–H groups in total. The van der Waals surface area contributed by atoms with E-state index in [1.807, 2.05) is 0 Å². The Morgan fingerprint density at radius 3 is 3.04 bits per heavy atom. The number of carbonyl (C=O) groups excluding carboxylic acids is 1. The van der Waals surface area contributed by atoms with Gasteiger partial charge in [-0.2, -0.15) is 0 Å². The van der Waals surface area contributed by atoms with Crippen molar-refractivity contribution < 1.29 is 14.3 Å². The minimum absolute atomic E-state index is 0.103. The smallest absolute Gasteiger partial charge is 0.316 e. The molecule has 3 heterocycles. The van der Waals surface area contributed by atoms with Gasteiger partial charge < -0.3 is 14.4 Å². The Bertz CT molecular complexity index is 636. The highest BCUT2D eigenvalue weighted by molar-refractivity contribution is 5.66. The Morgan fingerprint density at radius 2 is 2.26 bits per heavy atom. The summed E-state index contributed by atoms with van der Waals surface area (Å²) in [6, 6.07) is 0. The molecule has 1 saturated carbocycles. The Hall–Kier alpha value is -1.75. The highest BCUT2D eigenvalue weighted by Gasteiger charge is 2.60. The molecule has 0 radical (unpaired) electrons. The summed E-state index contributed by atoms with van der Waals surface area (Å²) in [6.45, 7) is 1.44. The summed E-state index contributed by atoms with van der Waals surface area (Å²) in [7, 11) is 1.80. The summed E-state index contributed by atoms with van der Waals surface area (Å²) in [5.74, 6) is -0.335. The van der Waals surface area contributed by atoms with Gasteiger partial charge in [-0.3, -0.25) is 4.79 Å². The van der Waals surface area contributed by atoms with Crippen LogP contribution in [0.5, 0.6) is 0 Å². The molecule has 2 unspecified atom stereocenters. The van der Waals surface area contributed by atoms with E-state index in [0.29, 0.717) is 6.42 Å². The molecule has 2 fully saturated rings. The average molecular weight is 316 g/mol. The van der Waals surface area contributed by atoms with Crippen molar-refractivity contribution in [2.24, 2.45) is 5.41 Å². The molecule has 1 aliphatic carbocycles. The van der Waals surface area contributed by atoms with E-state index in [1.54, 1.807) is 7.05 Å². The number of nitrogens with zero attached hydrogens (tertiary/aromatic N) is 1. The van der Waals surface area contributed by atoms with Crippen LogP contribution in [0.25, 0.3) is 0 Å². The number of hydrogen-bond acceptors (Lipinski definition) is 5. The minimum Gasteiger partial charge on any atom is -0.441 e. The molecule has 4 rings (SSSR count). The van der Waals surface area contributed by atoms with Crippen LogP contribution in [0, 0.1) is 5.41 Å². The van der Waals surface area contributed by atoms with Gasteiger partial charge in [-0.05, 0) is 44.7 Å². The highest BCUT2D eigenvalue weighted by Crippen LogP contribution is 2.61.